The van der Waals surface area contributed by atoms with E-state index in [1.807, 2.05) is 0 Å². The van der Waals surface area contributed by atoms with Crippen LogP contribution in [-0.4, -0.2) is 72.7 Å². The quantitative estimate of drug-likeness (QED) is 0.0820. The molecule has 0 saturated heterocycles. The number of ether oxygens (including phenoxy) is 6. The van der Waals surface area contributed by atoms with E-state index >= 15 is 0 Å². The van der Waals surface area contributed by atoms with E-state index in [0.717, 1.165) is 25.2 Å². The van der Waals surface area contributed by atoms with Crippen molar-refractivity contribution in [2.45, 2.75) is 110 Å². The molecule has 6 heteroatoms. The van der Waals surface area contributed by atoms with Gasteiger partial charge in [-0.25, -0.2) is 0 Å². The molecule has 0 amide bonds. The van der Waals surface area contributed by atoms with Crippen molar-refractivity contribution in [3.8, 4) is 5.75 Å². The van der Waals surface area contributed by atoms with E-state index in [0.29, 0.717) is 66.1 Å². The lowest BCUT2D eigenvalue weighted by molar-refractivity contribution is -0.0128. The second-order valence-corrected chi connectivity index (χ2v) is 10.5. The van der Waals surface area contributed by atoms with Crippen LogP contribution in [0.3, 0.4) is 0 Å². The molecule has 1 aromatic carbocycles. The van der Waals surface area contributed by atoms with Gasteiger partial charge >= 0.3 is 0 Å². The van der Waals surface area contributed by atoms with Crippen LogP contribution >= 0.6 is 0 Å². The van der Waals surface area contributed by atoms with Crippen molar-refractivity contribution in [1.29, 1.82) is 0 Å². The minimum Gasteiger partial charge on any atom is -0.491 e. The highest BCUT2D eigenvalue weighted by atomic mass is 16.6. The maximum absolute atomic E-state index is 5.77. The summed E-state index contributed by atoms with van der Waals surface area (Å²) in [4.78, 5) is 0. The van der Waals surface area contributed by atoms with Gasteiger partial charge in [-0.3, -0.25) is 0 Å². The Hall–Kier alpha value is -1.18. The molecule has 0 atom stereocenters. The Kier molecular flexibility index (Phi) is 28.3. The molecule has 0 aliphatic rings. The molecular formula is C34H62O6. The van der Waals surface area contributed by atoms with E-state index in [4.69, 9.17) is 28.4 Å². The number of hydrogen-bond acceptors (Lipinski definition) is 6. The normalized spacial score (nSPS) is 11.3. The molecule has 0 aromatic heterocycles. The van der Waals surface area contributed by atoms with E-state index in [1.165, 1.54) is 89.0 Å². The summed E-state index contributed by atoms with van der Waals surface area (Å²) in [5.74, 6) is 0.902. The summed E-state index contributed by atoms with van der Waals surface area (Å²) in [5, 5.41) is 0. The first-order valence-electron chi connectivity index (χ1n) is 16.5. The van der Waals surface area contributed by atoms with E-state index in [9.17, 15) is 0 Å². The van der Waals surface area contributed by atoms with Gasteiger partial charge in [-0.05, 0) is 37.0 Å². The van der Waals surface area contributed by atoms with Crippen LogP contribution in [0.25, 0.3) is 0 Å². The number of aryl methyl sites for hydroxylation is 1. The third kappa shape index (κ3) is 25.8. The second-order valence-electron chi connectivity index (χ2n) is 10.5. The first kappa shape index (κ1) is 36.8. The van der Waals surface area contributed by atoms with Crippen molar-refractivity contribution in [2.24, 2.45) is 0 Å². The van der Waals surface area contributed by atoms with Crippen LogP contribution in [0.2, 0.25) is 0 Å². The molecule has 0 aliphatic carbocycles. The summed E-state index contributed by atoms with van der Waals surface area (Å²) >= 11 is 0. The summed E-state index contributed by atoms with van der Waals surface area (Å²) in [6.07, 6.45) is 19.8. The van der Waals surface area contributed by atoms with E-state index in [-0.39, 0.29) is 0 Å². The van der Waals surface area contributed by atoms with Gasteiger partial charge in [0, 0.05) is 6.61 Å². The van der Waals surface area contributed by atoms with Gasteiger partial charge in [0.05, 0.1) is 59.5 Å². The van der Waals surface area contributed by atoms with Crippen molar-refractivity contribution >= 4 is 0 Å². The lowest BCUT2D eigenvalue weighted by atomic mass is 10.0. The first-order valence-corrected chi connectivity index (χ1v) is 16.5. The van der Waals surface area contributed by atoms with E-state index < -0.39 is 0 Å². The van der Waals surface area contributed by atoms with Crippen molar-refractivity contribution in [1.82, 2.24) is 0 Å². The third-order valence-electron chi connectivity index (χ3n) is 6.87. The predicted molar refractivity (Wildman–Crippen MR) is 166 cm³/mol. The number of rotatable bonds is 32. The summed E-state index contributed by atoms with van der Waals surface area (Å²) in [6.45, 7) is 11.2. The van der Waals surface area contributed by atoms with Crippen LogP contribution < -0.4 is 4.74 Å². The summed E-state index contributed by atoms with van der Waals surface area (Å²) in [6, 6.07) is 8.48. The molecule has 0 aliphatic heterocycles. The number of benzene rings is 1. The van der Waals surface area contributed by atoms with Crippen LogP contribution in [0.1, 0.15) is 109 Å². The minimum absolute atomic E-state index is 0.546. The van der Waals surface area contributed by atoms with Crippen LogP contribution in [-0.2, 0) is 30.1 Å². The smallest absolute Gasteiger partial charge is 0.119 e. The second kappa shape index (κ2) is 30.8. The lowest BCUT2D eigenvalue weighted by Gasteiger charge is -2.09. The first-order chi connectivity index (χ1) is 19.9. The molecule has 0 unspecified atom stereocenters. The molecule has 1 aromatic rings. The zero-order valence-electron chi connectivity index (χ0n) is 26.1. The average molecular weight is 567 g/mol. The summed E-state index contributed by atoms with van der Waals surface area (Å²) in [5.41, 5.74) is 1.39. The Morgan fingerprint density at radius 1 is 0.375 bits per heavy atom. The van der Waals surface area contributed by atoms with Gasteiger partial charge in [0.1, 0.15) is 12.4 Å². The molecule has 0 radical (unpaired) electrons. The Morgan fingerprint density at radius 3 is 1.23 bits per heavy atom. The SMILES string of the molecule is CCCCCCCCCCOCCOCCOCCOCCOCCOc1ccc(CCCCCCCC)cc1. The molecule has 0 bridgehead atoms. The summed E-state index contributed by atoms with van der Waals surface area (Å²) < 4.78 is 33.6. The third-order valence-corrected chi connectivity index (χ3v) is 6.87. The Bertz CT molecular complexity index is 609. The number of hydrogen-bond donors (Lipinski definition) is 0. The molecule has 6 nitrogen and oxygen atoms in total. The molecule has 1 rings (SSSR count). The fourth-order valence-electron chi connectivity index (χ4n) is 4.40. The highest BCUT2D eigenvalue weighted by Crippen LogP contribution is 2.15. The van der Waals surface area contributed by atoms with Gasteiger partial charge in [-0.2, -0.15) is 0 Å². The largest absolute Gasteiger partial charge is 0.491 e. The van der Waals surface area contributed by atoms with Gasteiger partial charge in [0.25, 0.3) is 0 Å². The van der Waals surface area contributed by atoms with Gasteiger partial charge < -0.3 is 28.4 Å². The highest BCUT2D eigenvalue weighted by Gasteiger charge is 1.98. The van der Waals surface area contributed by atoms with Crippen LogP contribution in [0.15, 0.2) is 24.3 Å². The fourth-order valence-corrected chi connectivity index (χ4v) is 4.40. The topological polar surface area (TPSA) is 55.4 Å². The van der Waals surface area contributed by atoms with E-state index in [1.54, 1.807) is 0 Å². The molecule has 0 N–H and O–H groups in total. The predicted octanol–water partition coefficient (Wildman–Crippen LogP) is 8.19. The van der Waals surface area contributed by atoms with E-state index in [2.05, 4.69) is 38.1 Å². The molecule has 234 valence electrons. The van der Waals surface area contributed by atoms with Gasteiger partial charge in [0.2, 0.25) is 0 Å². The maximum atomic E-state index is 5.77. The maximum Gasteiger partial charge on any atom is 0.119 e. The molecule has 0 saturated carbocycles. The molecule has 40 heavy (non-hydrogen) atoms. The molecular weight excluding hydrogens is 504 g/mol. The van der Waals surface area contributed by atoms with Crippen molar-refractivity contribution in [2.75, 3.05) is 72.7 Å². The standard InChI is InChI=1S/C34H62O6/c1-3-5-7-9-11-12-14-16-22-35-23-24-36-25-26-37-27-28-38-29-30-39-31-32-40-34-20-18-33(19-21-34)17-15-13-10-8-6-4-2/h18-21H,3-17,22-32H2,1-2H3. The van der Waals surface area contributed by atoms with Gasteiger partial charge in [0.15, 0.2) is 0 Å². The Labute approximate surface area is 246 Å². The van der Waals surface area contributed by atoms with Crippen LogP contribution in [0, 0.1) is 0 Å². The van der Waals surface area contributed by atoms with Crippen molar-refractivity contribution in [3.05, 3.63) is 29.8 Å². The fraction of sp³-hybridized carbons (Fsp3) is 0.824. The molecule has 0 heterocycles. The Morgan fingerprint density at radius 2 is 0.750 bits per heavy atom. The average Bonchev–Trinajstić information content (AvgIpc) is 2.98. The van der Waals surface area contributed by atoms with Crippen LogP contribution in [0.5, 0.6) is 5.75 Å². The molecule has 0 spiro atoms. The number of unbranched alkanes of at least 4 members (excludes halogenated alkanes) is 12. The molecule has 0 fully saturated rings. The Balaban J connectivity index is 1.74. The minimum atomic E-state index is 0.546. The summed E-state index contributed by atoms with van der Waals surface area (Å²) in [7, 11) is 0. The monoisotopic (exact) mass is 566 g/mol. The van der Waals surface area contributed by atoms with Crippen molar-refractivity contribution < 1.29 is 28.4 Å². The van der Waals surface area contributed by atoms with Crippen LogP contribution in [0.4, 0.5) is 0 Å². The van der Waals surface area contributed by atoms with Crippen molar-refractivity contribution in [3.63, 3.8) is 0 Å². The van der Waals surface area contributed by atoms with Gasteiger partial charge in [-0.15, -0.1) is 0 Å². The lowest BCUT2D eigenvalue weighted by Crippen LogP contribution is -2.14. The van der Waals surface area contributed by atoms with Gasteiger partial charge in [-0.1, -0.05) is 103 Å². The highest BCUT2D eigenvalue weighted by molar-refractivity contribution is 5.27. The zero-order valence-corrected chi connectivity index (χ0v) is 26.1. The zero-order chi connectivity index (χ0) is 28.6.